The molecular weight excluding hydrogens is 410 g/mol. The highest BCUT2D eigenvalue weighted by Crippen LogP contribution is 2.40. The largest absolute Gasteiger partial charge is 0.493 e. The van der Waals surface area contributed by atoms with Gasteiger partial charge in [-0.05, 0) is 35.7 Å². The zero-order valence-electron chi connectivity index (χ0n) is 18.7. The molecule has 2 aromatic carbocycles. The van der Waals surface area contributed by atoms with Gasteiger partial charge in [0.1, 0.15) is 5.58 Å². The van der Waals surface area contributed by atoms with E-state index in [0.29, 0.717) is 53.7 Å². The summed E-state index contributed by atoms with van der Waals surface area (Å²) in [6.45, 7) is 5.33. The number of carbonyl (C=O) groups is 1. The minimum absolute atomic E-state index is 0.0777. The number of carbonyl (C=O) groups excluding carboxylic acids is 1. The van der Waals surface area contributed by atoms with Crippen LogP contribution < -0.4 is 14.9 Å². The van der Waals surface area contributed by atoms with Crippen molar-refractivity contribution < 1.29 is 23.4 Å². The molecule has 4 rings (SSSR count). The number of hydrogen-bond acceptors (Lipinski definition) is 6. The molecule has 0 aliphatic carbocycles. The van der Waals surface area contributed by atoms with Gasteiger partial charge in [0.25, 0.3) is 5.91 Å². The molecule has 1 aliphatic rings. The Morgan fingerprint density at radius 3 is 2.56 bits per heavy atom. The van der Waals surface area contributed by atoms with E-state index in [0.717, 1.165) is 5.56 Å². The third kappa shape index (κ3) is 3.84. The van der Waals surface area contributed by atoms with Crippen LogP contribution in [0, 0.1) is 5.92 Å². The summed E-state index contributed by atoms with van der Waals surface area (Å²) in [5.74, 6) is 1.27. The number of hydrogen-bond donors (Lipinski definition) is 0. The molecule has 3 aromatic rings. The standard InChI is InChI=1S/C25H27NO6/c1-15(2)14-31-19-10-9-16(13-20(19)30-4)22-21-23(27)17-7-5-6-8-18(17)32-24(21)25(28)26(22)11-12-29-3/h5-10,13,15,22H,11-12,14H2,1-4H3/t22-/m0/s1. The second kappa shape index (κ2) is 9.04. The lowest BCUT2D eigenvalue weighted by molar-refractivity contribution is 0.0663. The molecule has 0 N–H and O–H groups in total. The fourth-order valence-electron chi connectivity index (χ4n) is 3.96. The van der Waals surface area contributed by atoms with Crippen LogP contribution in [0.4, 0.5) is 0 Å². The molecule has 0 fully saturated rings. The highest BCUT2D eigenvalue weighted by Gasteiger charge is 2.42. The molecule has 0 saturated heterocycles. The highest BCUT2D eigenvalue weighted by atomic mass is 16.5. The van der Waals surface area contributed by atoms with Crippen LogP contribution in [0.25, 0.3) is 11.0 Å². The van der Waals surface area contributed by atoms with Gasteiger partial charge in [-0.2, -0.15) is 0 Å². The van der Waals surface area contributed by atoms with E-state index in [1.807, 2.05) is 18.2 Å². The molecule has 32 heavy (non-hydrogen) atoms. The summed E-state index contributed by atoms with van der Waals surface area (Å²) in [6, 6.07) is 11.8. The number of rotatable bonds is 8. The van der Waals surface area contributed by atoms with Crippen molar-refractivity contribution in [3.8, 4) is 11.5 Å². The normalized spacial score (nSPS) is 15.5. The first-order valence-electron chi connectivity index (χ1n) is 10.6. The Kier molecular flexibility index (Phi) is 6.19. The molecule has 2 heterocycles. The van der Waals surface area contributed by atoms with Gasteiger partial charge < -0.3 is 23.5 Å². The highest BCUT2D eigenvalue weighted by molar-refractivity contribution is 5.99. The maximum absolute atomic E-state index is 13.4. The van der Waals surface area contributed by atoms with Crippen molar-refractivity contribution in [3.63, 3.8) is 0 Å². The molecule has 0 unspecified atom stereocenters. The van der Waals surface area contributed by atoms with Gasteiger partial charge in [-0.15, -0.1) is 0 Å². The molecule has 1 atom stereocenters. The summed E-state index contributed by atoms with van der Waals surface area (Å²) in [5, 5.41) is 0.446. The average molecular weight is 437 g/mol. The Balaban J connectivity index is 1.85. The lowest BCUT2D eigenvalue weighted by Gasteiger charge is -2.25. The monoisotopic (exact) mass is 437 g/mol. The van der Waals surface area contributed by atoms with Gasteiger partial charge in [0, 0.05) is 13.7 Å². The summed E-state index contributed by atoms with van der Waals surface area (Å²) in [7, 11) is 3.14. The van der Waals surface area contributed by atoms with E-state index in [1.54, 1.807) is 43.4 Å². The van der Waals surface area contributed by atoms with Crippen LogP contribution in [0.1, 0.15) is 41.6 Å². The number of benzene rings is 2. The molecule has 0 bridgehead atoms. The quantitative estimate of drug-likeness (QED) is 0.530. The van der Waals surface area contributed by atoms with Gasteiger partial charge >= 0.3 is 0 Å². The van der Waals surface area contributed by atoms with E-state index in [1.165, 1.54) is 0 Å². The molecular formula is C25H27NO6. The Bertz CT molecular complexity index is 1200. The van der Waals surface area contributed by atoms with Crippen LogP contribution in [0.15, 0.2) is 51.7 Å². The number of nitrogens with zero attached hydrogens (tertiary/aromatic N) is 1. The smallest absolute Gasteiger partial charge is 0.290 e. The molecule has 1 amide bonds. The lowest BCUT2D eigenvalue weighted by atomic mass is 9.98. The van der Waals surface area contributed by atoms with E-state index >= 15 is 0 Å². The van der Waals surface area contributed by atoms with Crippen LogP contribution in [-0.2, 0) is 4.74 Å². The van der Waals surface area contributed by atoms with Crippen molar-refractivity contribution in [3.05, 3.63) is 69.6 Å². The van der Waals surface area contributed by atoms with Gasteiger partial charge in [-0.25, -0.2) is 0 Å². The SMILES string of the molecule is COCCN1C(=O)c2oc3ccccc3c(=O)c2[C@@H]1c1ccc(OCC(C)C)c(OC)c1. The Labute approximate surface area is 186 Å². The number of para-hydroxylation sites is 1. The first-order chi connectivity index (χ1) is 15.5. The van der Waals surface area contributed by atoms with Crippen molar-refractivity contribution in [1.29, 1.82) is 0 Å². The summed E-state index contributed by atoms with van der Waals surface area (Å²) in [5.41, 5.74) is 1.26. The lowest BCUT2D eigenvalue weighted by Crippen LogP contribution is -2.32. The maximum atomic E-state index is 13.4. The molecule has 0 radical (unpaired) electrons. The first-order valence-corrected chi connectivity index (χ1v) is 10.6. The zero-order chi connectivity index (χ0) is 22.8. The summed E-state index contributed by atoms with van der Waals surface area (Å²) in [6.07, 6.45) is 0. The summed E-state index contributed by atoms with van der Waals surface area (Å²) >= 11 is 0. The molecule has 168 valence electrons. The number of methoxy groups -OCH3 is 2. The first kappa shape index (κ1) is 21.9. The predicted molar refractivity (Wildman–Crippen MR) is 121 cm³/mol. The van der Waals surface area contributed by atoms with E-state index in [-0.39, 0.29) is 17.1 Å². The molecule has 0 spiro atoms. The minimum atomic E-state index is -0.610. The van der Waals surface area contributed by atoms with Crippen LogP contribution >= 0.6 is 0 Å². The fourth-order valence-corrected chi connectivity index (χ4v) is 3.96. The van der Waals surface area contributed by atoms with E-state index in [9.17, 15) is 9.59 Å². The molecule has 7 nitrogen and oxygen atoms in total. The van der Waals surface area contributed by atoms with Crippen LogP contribution in [-0.4, -0.2) is 44.8 Å². The fraction of sp³-hybridized carbons (Fsp3) is 0.360. The topological polar surface area (TPSA) is 78.2 Å². The van der Waals surface area contributed by atoms with Gasteiger partial charge in [0.2, 0.25) is 5.76 Å². The van der Waals surface area contributed by atoms with Gasteiger partial charge in [-0.3, -0.25) is 9.59 Å². The summed E-state index contributed by atoms with van der Waals surface area (Å²) < 4.78 is 22.6. The average Bonchev–Trinajstić information content (AvgIpc) is 3.08. The van der Waals surface area contributed by atoms with Gasteiger partial charge in [0.15, 0.2) is 16.9 Å². The maximum Gasteiger partial charge on any atom is 0.290 e. The van der Waals surface area contributed by atoms with Crippen molar-refractivity contribution in [2.24, 2.45) is 5.92 Å². The molecule has 1 aliphatic heterocycles. The van der Waals surface area contributed by atoms with Crippen LogP contribution in [0.5, 0.6) is 11.5 Å². The van der Waals surface area contributed by atoms with E-state index in [2.05, 4.69) is 13.8 Å². The van der Waals surface area contributed by atoms with Crippen LogP contribution in [0.3, 0.4) is 0 Å². The predicted octanol–water partition coefficient (Wildman–Crippen LogP) is 4.03. The second-order valence-electron chi connectivity index (χ2n) is 8.18. The Hall–Kier alpha value is -3.32. The van der Waals surface area contributed by atoms with Crippen molar-refractivity contribution in [2.45, 2.75) is 19.9 Å². The van der Waals surface area contributed by atoms with Crippen molar-refractivity contribution >= 4 is 16.9 Å². The molecule has 7 heteroatoms. The van der Waals surface area contributed by atoms with Crippen molar-refractivity contribution in [1.82, 2.24) is 4.90 Å². The van der Waals surface area contributed by atoms with E-state index in [4.69, 9.17) is 18.6 Å². The van der Waals surface area contributed by atoms with Gasteiger partial charge in [-0.1, -0.05) is 32.0 Å². The Morgan fingerprint density at radius 1 is 1.06 bits per heavy atom. The summed E-state index contributed by atoms with van der Waals surface area (Å²) in [4.78, 5) is 28.3. The Morgan fingerprint density at radius 2 is 1.84 bits per heavy atom. The molecule has 0 saturated carbocycles. The number of fused-ring (bicyclic) bond motifs is 2. The second-order valence-corrected chi connectivity index (χ2v) is 8.18. The van der Waals surface area contributed by atoms with E-state index < -0.39 is 6.04 Å². The van der Waals surface area contributed by atoms with Gasteiger partial charge in [0.05, 0.1) is 37.3 Å². The third-order valence-electron chi connectivity index (χ3n) is 5.49. The van der Waals surface area contributed by atoms with Crippen molar-refractivity contribution in [2.75, 3.05) is 34.0 Å². The third-order valence-corrected chi connectivity index (χ3v) is 5.49. The minimum Gasteiger partial charge on any atom is -0.493 e. The number of amides is 1. The number of ether oxygens (including phenoxy) is 3. The molecule has 1 aromatic heterocycles. The van der Waals surface area contributed by atoms with Crippen LogP contribution in [0.2, 0.25) is 0 Å². The zero-order valence-corrected chi connectivity index (χ0v) is 18.7.